The van der Waals surface area contributed by atoms with Gasteiger partial charge >= 0.3 is 0 Å². The first-order valence-corrected chi connectivity index (χ1v) is 9.08. The smallest absolute Gasteiger partial charge is 0.255 e. The van der Waals surface area contributed by atoms with Gasteiger partial charge in [0.1, 0.15) is 0 Å². The van der Waals surface area contributed by atoms with Gasteiger partial charge in [-0.15, -0.1) is 0 Å². The van der Waals surface area contributed by atoms with E-state index in [-0.39, 0.29) is 12.0 Å². The number of amides is 1. The van der Waals surface area contributed by atoms with Gasteiger partial charge in [-0.3, -0.25) is 14.7 Å². The number of hydrogen-bond donors (Lipinski definition) is 0. The Bertz CT molecular complexity index is 561. The summed E-state index contributed by atoms with van der Waals surface area (Å²) in [6.07, 6.45) is 6.17. The first kappa shape index (κ1) is 16.0. The SMILES string of the molecule is O=C(c1cccnc1)N1C[C@@H]2OCCN(CCN3CCCC3)[C@@H]2C1. The number of carbonyl (C=O) groups is 1. The summed E-state index contributed by atoms with van der Waals surface area (Å²) in [6, 6.07) is 3.99. The van der Waals surface area contributed by atoms with Gasteiger partial charge in [0.2, 0.25) is 0 Å². The van der Waals surface area contributed by atoms with E-state index in [0.29, 0.717) is 18.2 Å². The van der Waals surface area contributed by atoms with E-state index in [4.69, 9.17) is 4.74 Å². The molecule has 3 fully saturated rings. The lowest BCUT2D eigenvalue weighted by atomic mass is 10.1. The largest absolute Gasteiger partial charge is 0.373 e. The van der Waals surface area contributed by atoms with Crippen LogP contribution in [-0.2, 0) is 4.74 Å². The van der Waals surface area contributed by atoms with Crippen molar-refractivity contribution < 1.29 is 9.53 Å². The van der Waals surface area contributed by atoms with Crippen LogP contribution in [0, 0.1) is 0 Å². The predicted molar refractivity (Wildman–Crippen MR) is 90.9 cm³/mol. The summed E-state index contributed by atoms with van der Waals surface area (Å²) in [5.74, 6) is 0.0700. The molecule has 4 heterocycles. The highest BCUT2D eigenvalue weighted by atomic mass is 16.5. The van der Waals surface area contributed by atoms with E-state index >= 15 is 0 Å². The highest BCUT2D eigenvalue weighted by Gasteiger charge is 2.41. The van der Waals surface area contributed by atoms with Crippen molar-refractivity contribution in [3.05, 3.63) is 30.1 Å². The second kappa shape index (κ2) is 7.17. The third kappa shape index (κ3) is 3.31. The number of rotatable bonds is 4. The Balaban J connectivity index is 1.37. The van der Waals surface area contributed by atoms with Crippen LogP contribution in [0.15, 0.2) is 24.5 Å². The molecule has 3 aliphatic rings. The first-order chi connectivity index (χ1) is 11.8. The Hall–Kier alpha value is -1.50. The molecule has 3 saturated heterocycles. The third-order valence-electron chi connectivity index (χ3n) is 5.51. The zero-order valence-corrected chi connectivity index (χ0v) is 14.1. The van der Waals surface area contributed by atoms with Crippen LogP contribution in [0.2, 0.25) is 0 Å². The van der Waals surface area contributed by atoms with Crippen LogP contribution < -0.4 is 0 Å². The summed E-state index contributed by atoms with van der Waals surface area (Å²) in [5, 5.41) is 0. The quantitative estimate of drug-likeness (QED) is 0.813. The average Bonchev–Trinajstić information content (AvgIpc) is 3.29. The molecule has 1 amide bonds. The summed E-state index contributed by atoms with van der Waals surface area (Å²) >= 11 is 0. The van der Waals surface area contributed by atoms with Crippen molar-refractivity contribution in [2.75, 3.05) is 52.4 Å². The van der Waals surface area contributed by atoms with Crippen LogP contribution in [0.5, 0.6) is 0 Å². The Morgan fingerprint density at radius 2 is 2.08 bits per heavy atom. The Kier molecular flexibility index (Phi) is 4.78. The van der Waals surface area contributed by atoms with Crippen molar-refractivity contribution in [2.45, 2.75) is 25.0 Å². The van der Waals surface area contributed by atoms with Gasteiger partial charge in [-0.25, -0.2) is 0 Å². The summed E-state index contributed by atoms with van der Waals surface area (Å²) in [4.78, 5) is 23.7. The molecule has 0 bridgehead atoms. The van der Waals surface area contributed by atoms with Gasteiger partial charge in [0.25, 0.3) is 5.91 Å². The van der Waals surface area contributed by atoms with Gasteiger partial charge in [0.05, 0.1) is 24.3 Å². The molecule has 0 unspecified atom stereocenters. The van der Waals surface area contributed by atoms with Crippen LogP contribution in [-0.4, -0.2) is 90.2 Å². The van der Waals surface area contributed by atoms with E-state index in [1.165, 1.54) is 25.9 Å². The number of ether oxygens (including phenoxy) is 1. The number of hydrogen-bond acceptors (Lipinski definition) is 5. The normalized spacial score (nSPS) is 28.2. The monoisotopic (exact) mass is 330 g/mol. The molecule has 1 aromatic rings. The lowest BCUT2D eigenvalue weighted by Gasteiger charge is -2.37. The summed E-state index contributed by atoms with van der Waals surface area (Å²) < 4.78 is 5.96. The Morgan fingerprint density at radius 1 is 1.21 bits per heavy atom. The molecule has 0 spiro atoms. The lowest BCUT2D eigenvalue weighted by molar-refractivity contribution is -0.0487. The molecule has 2 atom stereocenters. The van der Waals surface area contributed by atoms with Crippen molar-refractivity contribution in [1.29, 1.82) is 0 Å². The maximum atomic E-state index is 12.7. The van der Waals surface area contributed by atoms with Gasteiger partial charge < -0.3 is 14.5 Å². The molecule has 6 heteroatoms. The van der Waals surface area contributed by atoms with Gasteiger partial charge in [0, 0.05) is 45.1 Å². The van der Waals surface area contributed by atoms with Crippen molar-refractivity contribution in [1.82, 2.24) is 19.7 Å². The topological polar surface area (TPSA) is 48.9 Å². The second-order valence-electron chi connectivity index (χ2n) is 7.01. The van der Waals surface area contributed by atoms with Gasteiger partial charge in [-0.05, 0) is 38.1 Å². The van der Waals surface area contributed by atoms with Crippen molar-refractivity contribution in [3.63, 3.8) is 0 Å². The van der Waals surface area contributed by atoms with Gasteiger partial charge in [-0.1, -0.05) is 0 Å². The first-order valence-electron chi connectivity index (χ1n) is 9.08. The minimum Gasteiger partial charge on any atom is -0.373 e. The summed E-state index contributed by atoms with van der Waals surface area (Å²) in [5.41, 5.74) is 0.666. The van der Waals surface area contributed by atoms with Crippen LogP contribution in [0.4, 0.5) is 0 Å². The number of fused-ring (bicyclic) bond motifs is 1. The molecule has 1 aromatic heterocycles. The van der Waals surface area contributed by atoms with Crippen LogP contribution in [0.1, 0.15) is 23.2 Å². The third-order valence-corrected chi connectivity index (χ3v) is 5.51. The number of morpholine rings is 1. The van der Waals surface area contributed by atoms with E-state index in [1.807, 2.05) is 17.0 Å². The van der Waals surface area contributed by atoms with Crippen LogP contribution >= 0.6 is 0 Å². The Labute approximate surface area is 143 Å². The van der Waals surface area contributed by atoms with E-state index in [0.717, 1.165) is 32.8 Å². The molecule has 0 radical (unpaired) electrons. The Morgan fingerprint density at radius 3 is 2.88 bits per heavy atom. The highest BCUT2D eigenvalue weighted by Crippen LogP contribution is 2.24. The molecule has 0 N–H and O–H groups in total. The molecule has 3 aliphatic heterocycles. The van der Waals surface area contributed by atoms with Crippen LogP contribution in [0.25, 0.3) is 0 Å². The predicted octanol–water partition coefficient (Wildman–Crippen LogP) is 0.703. The maximum Gasteiger partial charge on any atom is 0.255 e. The van der Waals surface area contributed by atoms with Crippen LogP contribution in [0.3, 0.4) is 0 Å². The zero-order valence-electron chi connectivity index (χ0n) is 14.1. The average molecular weight is 330 g/mol. The number of aromatic nitrogens is 1. The van der Waals surface area contributed by atoms with Gasteiger partial charge in [-0.2, -0.15) is 0 Å². The summed E-state index contributed by atoms with van der Waals surface area (Å²) in [6.45, 7) is 7.91. The molecule has 24 heavy (non-hydrogen) atoms. The fourth-order valence-electron chi connectivity index (χ4n) is 4.15. The number of pyridine rings is 1. The van der Waals surface area contributed by atoms with E-state index in [1.54, 1.807) is 12.4 Å². The molecule has 6 nitrogen and oxygen atoms in total. The molecule has 130 valence electrons. The zero-order chi connectivity index (χ0) is 16.4. The lowest BCUT2D eigenvalue weighted by Crippen LogP contribution is -2.52. The summed E-state index contributed by atoms with van der Waals surface area (Å²) in [7, 11) is 0. The van der Waals surface area contributed by atoms with Crippen molar-refractivity contribution in [3.8, 4) is 0 Å². The fraction of sp³-hybridized carbons (Fsp3) is 0.667. The highest BCUT2D eigenvalue weighted by molar-refractivity contribution is 5.94. The number of likely N-dealkylation sites (tertiary alicyclic amines) is 2. The molecular weight excluding hydrogens is 304 g/mol. The van der Waals surface area contributed by atoms with E-state index in [9.17, 15) is 4.79 Å². The molecular formula is C18H26N4O2. The number of carbonyl (C=O) groups excluding carboxylic acids is 1. The molecule has 4 rings (SSSR count). The molecule has 0 aliphatic carbocycles. The minimum atomic E-state index is 0.0700. The van der Waals surface area contributed by atoms with Crippen molar-refractivity contribution in [2.24, 2.45) is 0 Å². The van der Waals surface area contributed by atoms with E-state index < -0.39 is 0 Å². The standard InChI is InChI=1S/C18H26N4O2/c23-18(15-4-3-5-19-12-15)22-13-16-17(14-22)24-11-10-21(16)9-8-20-6-1-2-7-20/h3-5,12,16-17H,1-2,6-11,13-14H2/t16-,17+/m1/s1. The molecule has 0 saturated carbocycles. The van der Waals surface area contributed by atoms with Crippen molar-refractivity contribution >= 4 is 5.91 Å². The fourth-order valence-corrected chi connectivity index (χ4v) is 4.15. The van der Waals surface area contributed by atoms with Gasteiger partial charge in [0.15, 0.2) is 0 Å². The molecule has 0 aromatic carbocycles. The maximum absolute atomic E-state index is 12.7. The van der Waals surface area contributed by atoms with E-state index in [2.05, 4.69) is 14.8 Å². The second-order valence-corrected chi connectivity index (χ2v) is 7.01. The number of nitrogens with zero attached hydrogens (tertiary/aromatic N) is 4. The minimum absolute atomic E-state index is 0.0700.